The number of benzene rings is 1. The molecule has 0 aliphatic carbocycles. The Morgan fingerprint density at radius 2 is 2.19 bits per heavy atom. The monoisotopic (exact) mass is 248 g/mol. The summed E-state index contributed by atoms with van der Waals surface area (Å²) in [6.45, 7) is -3.04. The molecule has 0 fully saturated rings. The minimum atomic E-state index is -3.04. The Labute approximate surface area is 94.9 Å². The van der Waals surface area contributed by atoms with Crippen molar-refractivity contribution >= 4 is 17.4 Å². The van der Waals surface area contributed by atoms with Gasteiger partial charge in [0, 0.05) is 11.1 Å². The molecule has 86 valence electrons. The van der Waals surface area contributed by atoms with E-state index in [4.69, 9.17) is 16.7 Å². The molecule has 1 aromatic rings. The number of aliphatic hydroxyl groups is 1. The highest BCUT2D eigenvalue weighted by molar-refractivity contribution is 6.31. The van der Waals surface area contributed by atoms with Gasteiger partial charge < -0.3 is 9.84 Å². The van der Waals surface area contributed by atoms with E-state index in [1.165, 1.54) is 12.1 Å². The van der Waals surface area contributed by atoms with E-state index in [1.54, 1.807) is 0 Å². The number of rotatable bonds is 4. The summed E-state index contributed by atoms with van der Waals surface area (Å²) in [5, 5.41) is 8.62. The fraction of sp³-hybridized carbons (Fsp3) is 0.100. The van der Waals surface area contributed by atoms with Crippen LogP contribution in [0.2, 0.25) is 5.02 Å². The van der Waals surface area contributed by atoms with Crippen LogP contribution in [-0.4, -0.2) is 17.5 Å². The van der Waals surface area contributed by atoms with E-state index in [2.05, 4.69) is 4.74 Å². The molecular formula is C10H7ClF2O3. The lowest BCUT2D eigenvalue weighted by molar-refractivity contribution is -0.0501. The van der Waals surface area contributed by atoms with E-state index in [0.717, 1.165) is 12.1 Å². The molecule has 0 saturated carbocycles. The molecular weight excluding hydrogens is 242 g/mol. The number of hydrogen-bond donors (Lipinski definition) is 1. The predicted molar refractivity (Wildman–Crippen MR) is 54.2 cm³/mol. The van der Waals surface area contributed by atoms with Gasteiger partial charge in [0.15, 0.2) is 5.78 Å². The minimum Gasteiger partial charge on any atom is -0.515 e. The Morgan fingerprint density at radius 1 is 1.50 bits per heavy atom. The first-order chi connectivity index (χ1) is 7.54. The summed E-state index contributed by atoms with van der Waals surface area (Å²) >= 11 is 5.62. The summed E-state index contributed by atoms with van der Waals surface area (Å²) in [6.07, 6.45) is 1.32. The first kappa shape index (κ1) is 12.4. The molecule has 0 spiro atoms. The molecule has 0 aliphatic heterocycles. The van der Waals surface area contributed by atoms with Crippen molar-refractivity contribution in [1.29, 1.82) is 0 Å². The maximum Gasteiger partial charge on any atom is 0.387 e. The van der Waals surface area contributed by atoms with E-state index in [9.17, 15) is 13.6 Å². The molecule has 0 saturated heterocycles. The third-order valence-electron chi connectivity index (χ3n) is 1.65. The van der Waals surface area contributed by atoms with Gasteiger partial charge in [-0.25, -0.2) is 0 Å². The zero-order valence-corrected chi connectivity index (χ0v) is 8.62. The van der Waals surface area contributed by atoms with Crippen LogP contribution in [0.15, 0.2) is 30.5 Å². The lowest BCUT2D eigenvalue weighted by Gasteiger charge is -2.08. The fourth-order valence-corrected chi connectivity index (χ4v) is 1.22. The van der Waals surface area contributed by atoms with Crippen LogP contribution in [-0.2, 0) is 0 Å². The van der Waals surface area contributed by atoms with E-state index in [-0.39, 0.29) is 16.3 Å². The molecule has 0 bridgehead atoms. The van der Waals surface area contributed by atoms with Crippen molar-refractivity contribution in [2.24, 2.45) is 0 Å². The smallest absolute Gasteiger partial charge is 0.387 e. The second kappa shape index (κ2) is 5.46. The van der Waals surface area contributed by atoms with Gasteiger partial charge in [-0.1, -0.05) is 11.6 Å². The summed E-state index contributed by atoms with van der Waals surface area (Å²) in [5.41, 5.74) is -0.141. The number of carbonyl (C=O) groups is 1. The Morgan fingerprint density at radius 3 is 2.75 bits per heavy atom. The molecule has 0 aliphatic rings. The van der Waals surface area contributed by atoms with Crippen LogP contribution in [0.1, 0.15) is 10.4 Å². The van der Waals surface area contributed by atoms with Crippen molar-refractivity contribution < 1.29 is 23.4 Å². The molecule has 0 amide bonds. The quantitative estimate of drug-likeness (QED) is 0.506. The van der Waals surface area contributed by atoms with Crippen molar-refractivity contribution in [3.63, 3.8) is 0 Å². The Hall–Kier alpha value is -1.62. The number of ether oxygens (including phenoxy) is 1. The van der Waals surface area contributed by atoms with Gasteiger partial charge in [-0.2, -0.15) is 8.78 Å². The van der Waals surface area contributed by atoms with Crippen molar-refractivity contribution in [2.45, 2.75) is 6.61 Å². The van der Waals surface area contributed by atoms with E-state index in [1.807, 2.05) is 0 Å². The molecule has 1 N–H and O–H groups in total. The fourth-order valence-electron chi connectivity index (χ4n) is 1.05. The molecule has 1 rings (SSSR count). The maximum atomic E-state index is 12.0. The van der Waals surface area contributed by atoms with Gasteiger partial charge in [0.25, 0.3) is 0 Å². The Balaban J connectivity index is 3.12. The van der Waals surface area contributed by atoms with Gasteiger partial charge >= 0.3 is 6.61 Å². The van der Waals surface area contributed by atoms with Gasteiger partial charge in [0.1, 0.15) is 5.75 Å². The molecule has 1 aromatic carbocycles. The largest absolute Gasteiger partial charge is 0.515 e. The summed E-state index contributed by atoms with van der Waals surface area (Å²) in [6, 6.07) is 3.66. The number of halogens is 3. The van der Waals surface area contributed by atoms with Gasteiger partial charge in [-0.3, -0.25) is 4.79 Å². The Kier molecular flexibility index (Phi) is 4.25. The standard InChI is InChI=1S/C10H7ClF2O3/c11-6-1-2-9(16-10(12)13)7(5-6)8(15)3-4-14/h1-5,10,14H. The normalized spacial score (nSPS) is 11.0. The SMILES string of the molecule is O=C(C=CO)c1cc(Cl)ccc1OC(F)F. The Bertz CT molecular complexity index is 419. The molecule has 0 aromatic heterocycles. The zero-order valence-electron chi connectivity index (χ0n) is 7.86. The van der Waals surface area contributed by atoms with E-state index >= 15 is 0 Å². The summed E-state index contributed by atoms with van der Waals surface area (Å²) < 4.78 is 28.2. The number of ketones is 1. The number of hydrogen-bond acceptors (Lipinski definition) is 3. The summed E-state index contributed by atoms with van der Waals surface area (Å²) in [4.78, 5) is 11.4. The van der Waals surface area contributed by atoms with Gasteiger partial charge in [0.05, 0.1) is 11.8 Å². The highest BCUT2D eigenvalue weighted by Gasteiger charge is 2.14. The molecule has 3 nitrogen and oxygen atoms in total. The third kappa shape index (κ3) is 3.20. The molecule has 0 heterocycles. The first-order valence-electron chi connectivity index (χ1n) is 4.14. The third-order valence-corrected chi connectivity index (χ3v) is 1.88. The van der Waals surface area contributed by atoms with Gasteiger partial charge in [-0.15, -0.1) is 0 Å². The lowest BCUT2D eigenvalue weighted by Crippen LogP contribution is -2.06. The number of aliphatic hydroxyl groups excluding tert-OH is 1. The van der Waals surface area contributed by atoms with E-state index < -0.39 is 12.4 Å². The summed E-state index contributed by atoms with van der Waals surface area (Å²) in [5.74, 6) is -0.969. The second-order valence-corrected chi connectivity index (χ2v) is 3.14. The van der Waals surface area contributed by atoms with Crippen molar-refractivity contribution in [1.82, 2.24) is 0 Å². The van der Waals surface area contributed by atoms with Crippen LogP contribution in [0.25, 0.3) is 0 Å². The zero-order chi connectivity index (χ0) is 12.1. The maximum absolute atomic E-state index is 12.0. The second-order valence-electron chi connectivity index (χ2n) is 2.70. The molecule has 0 unspecified atom stereocenters. The summed E-state index contributed by atoms with van der Waals surface area (Å²) in [7, 11) is 0. The van der Waals surface area contributed by atoms with Gasteiger partial charge in [0.2, 0.25) is 0 Å². The van der Waals surface area contributed by atoms with Gasteiger partial charge in [-0.05, 0) is 18.2 Å². The van der Waals surface area contributed by atoms with Crippen LogP contribution in [0, 0.1) is 0 Å². The topological polar surface area (TPSA) is 46.5 Å². The van der Waals surface area contributed by atoms with Crippen LogP contribution in [0.4, 0.5) is 8.78 Å². The number of alkyl halides is 2. The average Bonchev–Trinajstić information content (AvgIpc) is 2.20. The van der Waals surface area contributed by atoms with Crippen molar-refractivity contribution in [3.05, 3.63) is 41.1 Å². The van der Waals surface area contributed by atoms with Crippen LogP contribution < -0.4 is 4.74 Å². The van der Waals surface area contributed by atoms with Crippen LogP contribution >= 0.6 is 11.6 Å². The minimum absolute atomic E-state index is 0.141. The van der Waals surface area contributed by atoms with E-state index in [0.29, 0.717) is 6.26 Å². The van der Waals surface area contributed by atoms with Crippen LogP contribution in [0.5, 0.6) is 5.75 Å². The van der Waals surface area contributed by atoms with Crippen LogP contribution in [0.3, 0.4) is 0 Å². The molecule has 0 radical (unpaired) electrons. The highest BCUT2D eigenvalue weighted by atomic mass is 35.5. The number of carbonyl (C=O) groups excluding carboxylic acids is 1. The van der Waals surface area contributed by atoms with Crippen molar-refractivity contribution in [2.75, 3.05) is 0 Å². The average molecular weight is 249 g/mol. The highest BCUT2D eigenvalue weighted by Crippen LogP contribution is 2.25. The number of allylic oxidation sites excluding steroid dienone is 1. The molecule has 6 heteroatoms. The predicted octanol–water partition coefficient (Wildman–Crippen LogP) is 3.20. The van der Waals surface area contributed by atoms with Crippen molar-refractivity contribution in [3.8, 4) is 5.75 Å². The molecule has 16 heavy (non-hydrogen) atoms. The first-order valence-corrected chi connectivity index (χ1v) is 4.52. The lowest BCUT2D eigenvalue weighted by atomic mass is 10.1. The molecule has 0 atom stereocenters.